The molecule has 7 nitrogen and oxygen atoms in total. The number of nitrogens with one attached hydrogen (secondary N) is 2. The summed E-state index contributed by atoms with van der Waals surface area (Å²) < 4.78 is 54.1. The molecule has 2 N–H and O–H groups in total. The van der Waals surface area contributed by atoms with Crippen LogP contribution in [-0.4, -0.2) is 51.3 Å². The van der Waals surface area contributed by atoms with Crippen LogP contribution in [0.25, 0.3) is 11.1 Å². The summed E-state index contributed by atoms with van der Waals surface area (Å²) in [7, 11) is -3.41. The third kappa shape index (κ3) is 8.02. The predicted octanol–water partition coefficient (Wildman–Crippen LogP) is 5.98. The number of benzene rings is 3. The number of halogens is 2. The minimum atomic E-state index is -3.41. The lowest BCUT2D eigenvalue weighted by Crippen LogP contribution is -2.49. The average Bonchev–Trinajstić information content (AvgIpc) is 2.91. The second-order valence-corrected chi connectivity index (χ2v) is 12.0. The second kappa shape index (κ2) is 13.2. The van der Waals surface area contributed by atoms with Crippen LogP contribution in [0.1, 0.15) is 38.2 Å². The monoisotopic (exact) mass is 570 g/mol. The Hall–Kier alpha value is -3.50. The van der Waals surface area contributed by atoms with Gasteiger partial charge in [0.2, 0.25) is 10.0 Å². The molecule has 1 aliphatic rings. The number of hydrogen-bond donors (Lipinski definition) is 2. The molecule has 0 aliphatic carbocycles. The Morgan fingerprint density at radius 1 is 1.02 bits per heavy atom. The first-order chi connectivity index (χ1) is 19.1. The molecule has 0 bridgehead atoms. The Morgan fingerprint density at radius 2 is 1.75 bits per heavy atom. The van der Waals surface area contributed by atoms with Gasteiger partial charge >= 0.3 is 6.03 Å². The molecule has 1 heterocycles. The third-order valence-electron chi connectivity index (χ3n) is 6.98. The van der Waals surface area contributed by atoms with Crippen LogP contribution in [0.4, 0.5) is 25.0 Å². The van der Waals surface area contributed by atoms with Gasteiger partial charge in [0, 0.05) is 44.0 Å². The van der Waals surface area contributed by atoms with Gasteiger partial charge in [0.05, 0.1) is 11.9 Å². The van der Waals surface area contributed by atoms with E-state index in [4.69, 9.17) is 0 Å². The lowest BCUT2D eigenvalue weighted by molar-refractivity contribution is 0.188. The molecule has 2 amide bonds. The van der Waals surface area contributed by atoms with Crippen molar-refractivity contribution in [3.05, 3.63) is 83.9 Å². The van der Waals surface area contributed by atoms with E-state index in [9.17, 15) is 22.0 Å². The summed E-state index contributed by atoms with van der Waals surface area (Å²) >= 11 is 0. The highest BCUT2D eigenvalue weighted by atomic mass is 32.2. The van der Waals surface area contributed by atoms with Crippen molar-refractivity contribution in [2.24, 2.45) is 0 Å². The van der Waals surface area contributed by atoms with Crippen molar-refractivity contribution in [1.29, 1.82) is 0 Å². The van der Waals surface area contributed by atoms with Gasteiger partial charge in [0.15, 0.2) is 0 Å². The predicted molar refractivity (Wildman–Crippen MR) is 156 cm³/mol. The number of urea groups is 1. The van der Waals surface area contributed by atoms with E-state index in [0.29, 0.717) is 38.0 Å². The van der Waals surface area contributed by atoms with Gasteiger partial charge in [-0.15, -0.1) is 0 Å². The van der Waals surface area contributed by atoms with Crippen molar-refractivity contribution >= 4 is 27.4 Å². The van der Waals surface area contributed by atoms with Crippen molar-refractivity contribution in [3.8, 4) is 11.1 Å². The summed E-state index contributed by atoms with van der Waals surface area (Å²) in [6, 6.07) is 18.3. The summed E-state index contributed by atoms with van der Waals surface area (Å²) in [5.41, 5.74) is 3.66. The van der Waals surface area contributed by atoms with E-state index in [0.717, 1.165) is 54.6 Å². The first kappa shape index (κ1) is 29.5. The van der Waals surface area contributed by atoms with E-state index in [1.807, 2.05) is 49.4 Å². The van der Waals surface area contributed by atoms with Crippen molar-refractivity contribution in [2.45, 2.75) is 45.2 Å². The zero-order chi connectivity index (χ0) is 28.7. The Labute approximate surface area is 235 Å². The minimum Gasteiger partial charge on any atom is -0.335 e. The maximum atomic E-state index is 14.5. The number of sulfonamides is 1. The van der Waals surface area contributed by atoms with Crippen molar-refractivity contribution in [2.75, 3.05) is 35.5 Å². The number of unbranched alkanes of at least 4 members (excludes halogenated alkanes) is 1. The van der Waals surface area contributed by atoms with Crippen LogP contribution < -0.4 is 14.9 Å². The first-order valence-electron chi connectivity index (χ1n) is 13.5. The molecule has 1 aliphatic heterocycles. The number of rotatable bonds is 10. The molecule has 3 aromatic rings. The SMILES string of the molecule is CCCCN(C(=O)NC1CCN(Cc2cc(NS(C)(=O)=O)ccc2-c2ccccc2)CC1)c1ccc(F)cc1F. The van der Waals surface area contributed by atoms with Gasteiger partial charge in [0.1, 0.15) is 11.6 Å². The van der Waals surface area contributed by atoms with Crippen LogP contribution in [0.5, 0.6) is 0 Å². The van der Waals surface area contributed by atoms with Gasteiger partial charge in [-0.3, -0.25) is 14.5 Å². The fourth-order valence-corrected chi connectivity index (χ4v) is 5.53. The maximum absolute atomic E-state index is 14.5. The van der Waals surface area contributed by atoms with Gasteiger partial charge in [0.25, 0.3) is 0 Å². The van der Waals surface area contributed by atoms with E-state index < -0.39 is 21.7 Å². The fraction of sp³-hybridized carbons (Fsp3) is 0.367. The molecular weight excluding hydrogens is 534 g/mol. The molecule has 3 aromatic carbocycles. The number of anilines is 2. The normalized spacial score (nSPS) is 14.6. The number of carbonyl (C=O) groups excluding carboxylic acids is 1. The maximum Gasteiger partial charge on any atom is 0.322 e. The molecule has 40 heavy (non-hydrogen) atoms. The number of nitrogens with zero attached hydrogens (tertiary/aromatic N) is 2. The molecule has 0 unspecified atom stereocenters. The highest BCUT2D eigenvalue weighted by molar-refractivity contribution is 7.92. The number of amides is 2. The number of likely N-dealkylation sites (tertiary alicyclic amines) is 1. The first-order valence-corrected chi connectivity index (χ1v) is 15.4. The van der Waals surface area contributed by atoms with Crippen molar-refractivity contribution < 1.29 is 22.0 Å². The van der Waals surface area contributed by atoms with E-state index in [-0.39, 0.29) is 17.8 Å². The van der Waals surface area contributed by atoms with E-state index in [1.54, 1.807) is 6.07 Å². The Bertz CT molecular complexity index is 1410. The summed E-state index contributed by atoms with van der Waals surface area (Å²) in [5.74, 6) is -1.44. The highest BCUT2D eigenvalue weighted by Gasteiger charge is 2.25. The molecule has 0 radical (unpaired) electrons. The quantitative estimate of drug-likeness (QED) is 0.314. The van der Waals surface area contributed by atoms with Gasteiger partial charge in [-0.25, -0.2) is 22.0 Å². The minimum absolute atomic E-state index is 0.0702. The topological polar surface area (TPSA) is 81.8 Å². The highest BCUT2D eigenvalue weighted by Crippen LogP contribution is 2.29. The lowest BCUT2D eigenvalue weighted by atomic mass is 9.97. The van der Waals surface area contributed by atoms with Gasteiger partial charge in [-0.1, -0.05) is 49.7 Å². The number of carbonyl (C=O) groups is 1. The van der Waals surface area contributed by atoms with Crippen LogP contribution in [0, 0.1) is 11.6 Å². The second-order valence-electron chi connectivity index (χ2n) is 10.2. The average molecular weight is 571 g/mol. The van der Waals surface area contributed by atoms with Gasteiger partial charge in [-0.2, -0.15) is 0 Å². The van der Waals surface area contributed by atoms with Crippen LogP contribution in [0.2, 0.25) is 0 Å². The molecule has 0 saturated carbocycles. The summed E-state index contributed by atoms with van der Waals surface area (Å²) in [5, 5.41) is 3.05. The van der Waals surface area contributed by atoms with E-state index >= 15 is 0 Å². The van der Waals surface area contributed by atoms with Crippen LogP contribution in [0.15, 0.2) is 66.7 Å². The standard InChI is InChI=1S/C30H36F2N4O3S/c1-3-4-16-36(29-13-10-24(31)20-28(29)32)30(37)33-25-14-17-35(18-15-25)21-23-19-26(34-40(2,38)39)11-12-27(23)22-8-6-5-7-9-22/h5-13,19-20,25,34H,3-4,14-18,21H2,1-2H3,(H,33,37). The summed E-state index contributed by atoms with van der Waals surface area (Å²) in [4.78, 5) is 16.8. The molecule has 1 saturated heterocycles. The van der Waals surface area contributed by atoms with Crippen LogP contribution >= 0.6 is 0 Å². The zero-order valence-corrected chi connectivity index (χ0v) is 23.7. The Kier molecular flexibility index (Phi) is 9.76. The molecule has 214 valence electrons. The zero-order valence-electron chi connectivity index (χ0n) is 22.9. The largest absolute Gasteiger partial charge is 0.335 e. The molecule has 1 fully saturated rings. The third-order valence-corrected chi connectivity index (χ3v) is 7.59. The lowest BCUT2D eigenvalue weighted by Gasteiger charge is -2.34. The van der Waals surface area contributed by atoms with Crippen LogP contribution in [0.3, 0.4) is 0 Å². The van der Waals surface area contributed by atoms with Crippen molar-refractivity contribution in [3.63, 3.8) is 0 Å². The molecule has 0 aromatic heterocycles. The Morgan fingerprint density at radius 3 is 2.40 bits per heavy atom. The van der Waals surface area contributed by atoms with E-state index in [2.05, 4.69) is 14.9 Å². The summed E-state index contributed by atoms with van der Waals surface area (Å²) in [6.45, 7) is 4.39. The van der Waals surface area contributed by atoms with Gasteiger partial charge in [-0.05, 0) is 60.2 Å². The smallest absolute Gasteiger partial charge is 0.322 e. The van der Waals surface area contributed by atoms with E-state index in [1.165, 1.54) is 11.0 Å². The Balaban J connectivity index is 1.43. The molecular formula is C30H36F2N4O3S. The van der Waals surface area contributed by atoms with Crippen molar-refractivity contribution in [1.82, 2.24) is 10.2 Å². The molecule has 0 atom stereocenters. The number of hydrogen-bond acceptors (Lipinski definition) is 4. The van der Waals surface area contributed by atoms with Gasteiger partial charge < -0.3 is 5.32 Å². The number of piperidine rings is 1. The fourth-order valence-electron chi connectivity index (χ4n) is 4.98. The molecule has 0 spiro atoms. The summed E-state index contributed by atoms with van der Waals surface area (Å²) in [6.07, 6.45) is 4.07. The molecule has 10 heteroatoms. The molecule has 4 rings (SSSR count). The van der Waals surface area contributed by atoms with Crippen LogP contribution in [-0.2, 0) is 16.6 Å².